The van der Waals surface area contributed by atoms with Gasteiger partial charge in [-0.15, -0.1) is 0 Å². The maximum atomic E-state index is 13.1. The molecule has 0 aliphatic rings. The van der Waals surface area contributed by atoms with Crippen LogP contribution < -0.4 is 10.0 Å². The number of likely N-dealkylation sites (N-methyl/N-ethyl adjacent to an activating group) is 1. The molecule has 0 aliphatic carbocycles. The lowest BCUT2D eigenvalue weighted by atomic mass is 10.1. The van der Waals surface area contributed by atoms with Crippen molar-refractivity contribution in [3.63, 3.8) is 0 Å². The Hall–Kier alpha value is -2.94. The van der Waals surface area contributed by atoms with Crippen LogP contribution in [0.1, 0.15) is 15.9 Å². The SMILES string of the molecule is CN(C)CCc1ccc(NC(=O)c2ccc(Cl)c(NS(=O)(=O)c3ccc(F)cc3)c2)cc1. The second kappa shape index (κ2) is 10.1. The lowest BCUT2D eigenvalue weighted by molar-refractivity contribution is 0.102. The van der Waals surface area contributed by atoms with E-state index >= 15 is 0 Å². The zero-order valence-corrected chi connectivity index (χ0v) is 19.2. The first-order valence-electron chi connectivity index (χ1n) is 9.77. The number of carbonyl (C=O) groups excluding carboxylic acids is 1. The van der Waals surface area contributed by atoms with Gasteiger partial charge in [0.15, 0.2) is 0 Å². The summed E-state index contributed by atoms with van der Waals surface area (Å²) in [6.45, 7) is 0.924. The van der Waals surface area contributed by atoms with Crippen molar-refractivity contribution in [3.05, 3.63) is 88.7 Å². The van der Waals surface area contributed by atoms with Crippen LogP contribution in [0.2, 0.25) is 5.02 Å². The van der Waals surface area contributed by atoms with E-state index in [2.05, 4.69) is 14.9 Å². The Morgan fingerprint density at radius 3 is 2.28 bits per heavy atom. The minimum Gasteiger partial charge on any atom is -0.322 e. The van der Waals surface area contributed by atoms with Gasteiger partial charge in [-0.2, -0.15) is 0 Å². The zero-order chi connectivity index (χ0) is 23.3. The molecule has 0 heterocycles. The van der Waals surface area contributed by atoms with Crippen molar-refractivity contribution < 1.29 is 17.6 Å². The highest BCUT2D eigenvalue weighted by Gasteiger charge is 2.17. The van der Waals surface area contributed by atoms with Gasteiger partial charge in [0.1, 0.15) is 5.82 Å². The van der Waals surface area contributed by atoms with Crippen LogP contribution in [-0.2, 0) is 16.4 Å². The summed E-state index contributed by atoms with van der Waals surface area (Å²) in [5, 5.41) is 2.91. The number of rotatable bonds is 8. The molecule has 0 radical (unpaired) electrons. The predicted octanol–water partition coefficient (Wildman–Crippen LogP) is 4.64. The number of amides is 1. The molecule has 0 unspecified atom stereocenters. The van der Waals surface area contributed by atoms with Gasteiger partial charge in [0, 0.05) is 17.8 Å². The van der Waals surface area contributed by atoms with E-state index < -0.39 is 21.7 Å². The standard InChI is InChI=1S/C23H23ClFN3O3S/c1-28(2)14-13-16-3-8-19(9-4-16)26-23(29)17-5-12-21(24)22(15-17)27-32(30,31)20-10-6-18(25)7-11-20/h3-12,15,27H,13-14H2,1-2H3,(H,26,29). The third-order valence-electron chi connectivity index (χ3n) is 4.66. The molecule has 0 fully saturated rings. The molecular weight excluding hydrogens is 453 g/mol. The highest BCUT2D eigenvalue weighted by molar-refractivity contribution is 7.92. The van der Waals surface area contributed by atoms with Crippen molar-refractivity contribution in [2.24, 2.45) is 0 Å². The van der Waals surface area contributed by atoms with Crippen LogP contribution in [0.15, 0.2) is 71.6 Å². The first-order valence-corrected chi connectivity index (χ1v) is 11.6. The number of sulfonamides is 1. The normalized spacial score (nSPS) is 11.4. The number of halogens is 2. The molecule has 0 atom stereocenters. The Kier molecular flexibility index (Phi) is 7.50. The van der Waals surface area contributed by atoms with Gasteiger partial charge in [0.2, 0.25) is 0 Å². The second-order valence-electron chi connectivity index (χ2n) is 7.46. The molecule has 3 aromatic rings. The molecule has 9 heteroatoms. The first-order chi connectivity index (χ1) is 15.1. The smallest absolute Gasteiger partial charge is 0.261 e. The Labute approximate surface area is 192 Å². The minimum absolute atomic E-state index is 0.0441. The lowest BCUT2D eigenvalue weighted by Gasteiger charge is -2.12. The Morgan fingerprint density at radius 1 is 1.00 bits per heavy atom. The maximum absolute atomic E-state index is 13.1. The van der Waals surface area contributed by atoms with Crippen molar-refractivity contribution in [1.82, 2.24) is 4.90 Å². The van der Waals surface area contributed by atoms with Gasteiger partial charge < -0.3 is 10.2 Å². The molecule has 3 aromatic carbocycles. The van der Waals surface area contributed by atoms with Gasteiger partial charge in [0.25, 0.3) is 15.9 Å². The van der Waals surface area contributed by atoms with E-state index in [4.69, 9.17) is 11.6 Å². The topological polar surface area (TPSA) is 78.5 Å². The van der Waals surface area contributed by atoms with E-state index in [1.54, 1.807) is 0 Å². The Morgan fingerprint density at radius 2 is 1.66 bits per heavy atom. The number of hydrogen-bond acceptors (Lipinski definition) is 4. The Balaban J connectivity index is 1.73. The first kappa shape index (κ1) is 23.7. The molecular formula is C23H23ClFN3O3S. The van der Waals surface area contributed by atoms with Crippen molar-refractivity contribution in [3.8, 4) is 0 Å². The van der Waals surface area contributed by atoms with Gasteiger partial charge in [-0.1, -0.05) is 23.7 Å². The molecule has 6 nitrogen and oxygen atoms in total. The molecule has 0 bridgehead atoms. The highest BCUT2D eigenvalue weighted by Crippen LogP contribution is 2.26. The predicted molar refractivity (Wildman–Crippen MR) is 125 cm³/mol. The van der Waals surface area contributed by atoms with Crippen molar-refractivity contribution >= 4 is 38.9 Å². The molecule has 0 spiro atoms. The fourth-order valence-electron chi connectivity index (χ4n) is 2.87. The van der Waals surface area contributed by atoms with E-state index in [9.17, 15) is 17.6 Å². The number of benzene rings is 3. The van der Waals surface area contributed by atoms with Crippen LogP contribution in [-0.4, -0.2) is 39.9 Å². The van der Waals surface area contributed by atoms with E-state index in [1.807, 2.05) is 38.4 Å². The minimum atomic E-state index is -4.01. The van der Waals surface area contributed by atoms with Gasteiger partial charge in [-0.05, 0) is 80.7 Å². The van der Waals surface area contributed by atoms with Gasteiger partial charge in [0.05, 0.1) is 15.6 Å². The van der Waals surface area contributed by atoms with E-state index in [1.165, 1.54) is 18.2 Å². The molecule has 3 rings (SSSR count). The third-order valence-corrected chi connectivity index (χ3v) is 6.37. The highest BCUT2D eigenvalue weighted by atomic mass is 35.5. The van der Waals surface area contributed by atoms with Gasteiger partial charge >= 0.3 is 0 Å². The summed E-state index contributed by atoms with van der Waals surface area (Å²) in [7, 11) is 0.0107. The fraction of sp³-hybridized carbons (Fsp3) is 0.174. The van der Waals surface area contributed by atoms with Crippen LogP contribution in [0.25, 0.3) is 0 Å². The zero-order valence-electron chi connectivity index (χ0n) is 17.6. The van der Waals surface area contributed by atoms with Crippen LogP contribution in [0.5, 0.6) is 0 Å². The fourth-order valence-corrected chi connectivity index (χ4v) is 4.16. The average molecular weight is 476 g/mol. The monoisotopic (exact) mass is 475 g/mol. The van der Waals surface area contributed by atoms with Crippen LogP contribution in [0.4, 0.5) is 15.8 Å². The van der Waals surface area contributed by atoms with Crippen molar-refractivity contribution in [2.75, 3.05) is 30.7 Å². The summed E-state index contributed by atoms with van der Waals surface area (Å²) in [5.41, 5.74) is 2.04. The number of anilines is 2. The van der Waals surface area contributed by atoms with E-state index in [0.717, 1.165) is 42.8 Å². The van der Waals surface area contributed by atoms with Crippen LogP contribution >= 0.6 is 11.6 Å². The second-order valence-corrected chi connectivity index (χ2v) is 9.55. The van der Waals surface area contributed by atoms with Gasteiger partial charge in [-0.3, -0.25) is 9.52 Å². The summed E-state index contributed by atoms with van der Waals surface area (Å²) in [6.07, 6.45) is 0.899. The van der Waals surface area contributed by atoms with Crippen LogP contribution in [0.3, 0.4) is 0 Å². The average Bonchev–Trinajstić information content (AvgIpc) is 2.75. The third kappa shape index (κ3) is 6.29. The number of carbonyl (C=O) groups is 1. The molecule has 168 valence electrons. The summed E-state index contributed by atoms with van der Waals surface area (Å²) in [6, 6.07) is 16.2. The molecule has 0 aliphatic heterocycles. The Bertz CT molecular complexity index is 1200. The summed E-state index contributed by atoms with van der Waals surface area (Å²) >= 11 is 6.13. The molecule has 1 amide bonds. The van der Waals surface area contributed by atoms with E-state index in [0.29, 0.717) is 5.69 Å². The number of nitrogens with zero attached hydrogens (tertiary/aromatic N) is 1. The van der Waals surface area contributed by atoms with E-state index in [-0.39, 0.29) is 21.2 Å². The van der Waals surface area contributed by atoms with Crippen molar-refractivity contribution in [2.45, 2.75) is 11.3 Å². The summed E-state index contributed by atoms with van der Waals surface area (Å²) in [5.74, 6) is -0.962. The largest absolute Gasteiger partial charge is 0.322 e. The molecule has 2 N–H and O–H groups in total. The molecule has 0 saturated carbocycles. The molecule has 0 aromatic heterocycles. The quantitative estimate of drug-likeness (QED) is 0.497. The summed E-state index contributed by atoms with van der Waals surface area (Å²) < 4.78 is 40.6. The molecule has 0 saturated heterocycles. The van der Waals surface area contributed by atoms with Crippen molar-refractivity contribution in [1.29, 1.82) is 0 Å². The molecule has 32 heavy (non-hydrogen) atoms. The number of hydrogen-bond donors (Lipinski definition) is 2. The van der Waals surface area contributed by atoms with Gasteiger partial charge in [-0.25, -0.2) is 12.8 Å². The summed E-state index contributed by atoms with van der Waals surface area (Å²) in [4.78, 5) is 14.6. The number of nitrogens with one attached hydrogen (secondary N) is 2. The van der Waals surface area contributed by atoms with Crippen LogP contribution in [0, 0.1) is 5.82 Å². The lowest BCUT2D eigenvalue weighted by Crippen LogP contribution is -2.16. The maximum Gasteiger partial charge on any atom is 0.261 e.